The fourth-order valence-electron chi connectivity index (χ4n) is 1.39. The van der Waals surface area contributed by atoms with Gasteiger partial charge in [0.25, 0.3) is 0 Å². The van der Waals surface area contributed by atoms with Gasteiger partial charge in [-0.05, 0) is 12.8 Å². The fraction of sp³-hybridized carbons (Fsp3) is 0.875. The zero-order valence-electron chi connectivity index (χ0n) is 7.29. The molecule has 0 bridgehead atoms. The molecule has 0 aromatic heterocycles. The van der Waals surface area contributed by atoms with Crippen molar-refractivity contribution in [1.29, 1.82) is 0 Å². The number of carbonyl (C=O) groups is 1. The first kappa shape index (κ1) is 9.48. The second kappa shape index (κ2) is 4.42. The highest BCUT2D eigenvalue weighted by Gasteiger charge is 2.27. The molecule has 0 saturated carbocycles. The molecule has 2 N–H and O–H groups in total. The monoisotopic (exact) mass is 173 g/mol. The van der Waals surface area contributed by atoms with Gasteiger partial charge in [0.05, 0.1) is 13.0 Å². The zero-order valence-corrected chi connectivity index (χ0v) is 7.29. The molecule has 4 heteroatoms. The third kappa shape index (κ3) is 2.19. The lowest BCUT2D eigenvalue weighted by Gasteiger charge is -2.17. The van der Waals surface area contributed by atoms with Gasteiger partial charge in [0, 0.05) is 19.3 Å². The highest BCUT2D eigenvalue weighted by Crippen LogP contribution is 2.15. The molecular formula is C8H15NO3. The van der Waals surface area contributed by atoms with Gasteiger partial charge in [-0.3, -0.25) is 4.79 Å². The van der Waals surface area contributed by atoms with E-state index in [0.29, 0.717) is 19.6 Å². The van der Waals surface area contributed by atoms with Crippen molar-refractivity contribution in [2.45, 2.75) is 18.9 Å². The topological polar surface area (TPSA) is 61.5 Å². The predicted molar refractivity (Wildman–Crippen MR) is 43.5 cm³/mol. The molecule has 4 nitrogen and oxygen atoms in total. The lowest BCUT2D eigenvalue weighted by molar-refractivity contribution is -0.146. The van der Waals surface area contributed by atoms with Gasteiger partial charge < -0.3 is 15.2 Å². The summed E-state index contributed by atoms with van der Waals surface area (Å²) < 4.78 is 9.84. The van der Waals surface area contributed by atoms with Crippen LogP contribution in [0.4, 0.5) is 0 Å². The van der Waals surface area contributed by atoms with E-state index in [0.717, 1.165) is 6.42 Å². The van der Waals surface area contributed by atoms with Crippen molar-refractivity contribution >= 4 is 5.97 Å². The molecule has 1 rings (SSSR count). The number of carbonyl (C=O) groups excluding carboxylic acids is 1. The first-order valence-electron chi connectivity index (χ1n) is 4.17. The van der Waals surface area contributed by atoms with Gasteiger partial charge in [-0.15, -0.1) is 0 Å². The number of esters is 1. The third-order valence-electron chi connectivity index (χ3n) is 2.19. The largest absolute Gasteiger partial charge is 0.469 e. The summed E-state index contributed by atoms with van der Waals surface area (Å²) in [5.41, 5.74) is 5.77. The second-order valence-corrected chi connectivity index (χ2v) is 2.98. The summed E-state index contributed by atoms with van der Waals surface area (Å²) in [5.74, 6) is -0.398. The minimum atomic E-state index is -0.215. The molecule has 1 heterocycles. The van der Waals surface area contributed by atoms with Crippen molar-refractivity contribution in [2.75, 3.05) is 20.3 Å². The average molecular weight is 173 g/mol. The Hall–Kier alpha value is -0.610. The molecule has 0 spiro atoms. The smallest absolute Gasteiger partial charge is 0.310 e. The highest BCUT2D eigenvalue weighted by molar-refractivity contribution is 5.73. The summed E-state index contributed by atoms with van der Waals surface area (Å²) in [6.45, 7) is 1.25. The van der Waals surface area contributed by atoms with E-state index in [9.17, 15) is 4.79 Å². The summed E-state index contributed by atoms with van der Waals surface area (Å²) in [6.07, 6.45) is 1.41. The van der Waals surface area contributed by atoms with E-state index >= 15 is 0 Å². The van der Waals surface area contributed by atoms with Gasteiger partial charge in [-0.1, -0.05) is 0 Å². The molecule has 1 fully saturated rings. The first-order valence-corrected chi connectivity index (χ1v) is 4.17. The Labute approximate surface area is 72.0 Å². The lowest BCUT2D eigenvalue weighted by atomic mass is 9.96. The van der Waals surface area contributed by atoms with E-state index in [1.807, 2.05) is 0 Å². The molecule has 12 heavy (non-hydrogen) atoms. The SMILES string of the molecule is COC(=O)C1CCOCCC1N. The van der Waals surface area contributed by atoms with Crippen LogP contribution in [-0.4, -0.2) is 32.3 Å². The van der Waals surface area contributed by atoms with E-state index in [2.05, 4.69) is 4.74 Å². The maximum atomic E-state index is 11.2. The summed E-state index contributed by atoms with van der Waals surface area (Å²) >= 11 is 0. The zero-order chi connectivity index (χ0) is 8.97. The lowest BCUT2D eigenvalue weighted by Crippen LogP contribution is -2.35. The van der Waals surface area contributed by atoms with Crippen LogP contribution in [0.2, 0.25) is 0 Å². The van der Waals surface area contributed by atoms with Gasteiger partial charge in [0.1, 0.15) is 0 Å². The van der Waals surface area contributed by atoms with Gasteiger partial charge in [-0.25, -0.2) is 0 Å². The molecule has 0 aromatic rings. The summed E-state index contributed by atoms with van der Waals surface area (Å²) in [4.78, 5) is 11.2. The van der Waals surface area contributed by atoms with Crippen LogP contribution in [0, 0.1) is 5.92 Å². The predicted octanol–water partition coefficient (Wildman–Crippen LogP) is -0.0867. The summed E-state index contributed by atoms with van der Waals surface area (Å²) in [5, 5.41) is 0. The van der Waals surface area contributed by atoms with Crippen molar-refractivity contribution in [2.24, 2.45) is 11.7 Å². The van der Waals surface area contributed by atoms with Crippen molar-refractivity contribution < 1.29 is 14.3 Å². The third-order valence-corrected chi connectivity index (χ3v) is 2.19. The molecule has 70 valence electrons. The van der Waals surface area contributed by atoms with Crippen LogP contribution in [0.1, 0.15) is 12.8 Å². The van der Waals surface area contributed by atoms with Gasteiger partial charge in [-0.2, -0.15) is 0 Å². The van der Waals surface area contributed by atoms with Crippen LogP contribution >= 0.6 is 0 Å². The Morgan fingerprint density at radius 1 is 1.50 bits per heavy atom. The Bertz CT molecular complexity index is 160. The number of methoxy groups -OCH3 is 1. The molecule has 0 aromatic carbocycles. The number of ether oxygens (including phenoxy) is 2. The van der Waals surface area contributed by atoms with Crippen LogP contribution in [0.15, 0.2) is 0 Å². The van der Waals surface area contributed by atoms with Crippen molar-refractivity contribution in [1.82, 2.24) is 0 Å². The van der Waals surface area contributed by atoms with Crippen molar-refractivity contribution in [3.63, 3.8) is 0 Å². The molecule has 0 radical (unpaired) electrons. The molecule has 1 saturated heterocycles. The van der Waals surface area contributed by atoms with E-state index in [-0.39, 0.29) is 17.9 Å². The number of hydrogen-bond donors (Lipinski definition) is 1. The van der Waals surface area contributed by atoms with Gasteiger partial charge in [0.2, 0.25) is 0 Å². The van der Waals surface area contributed by atoms with Crippen LogP contribution in [-0.2, 0) is 14.3 Å². The minimum absolute atomic E-state index is 0.111. The van der Waals surface area contributed by atoms with E-state index in [1.165, 1.54) is 7.11 Å². The van der Waals surface area contributed by atoms with E-state index in [4.69, 9.17) is 10.5 Å². The number of hydrogen-bond acceptors (Lipinski definition) is 4. The summed E-state index contributed by atoms with van der Waals surface area (Å²) in [7, 11) is 1.39. The Morgan fingerprint density at radius 2 is 2.17 bits per heavy atom. The molecule has 2 atom stereocenters. The van der Waals surface area contributed by atoms with Crippen LogP contribution in [0.5, 0.6) is 0 Å². The standard InChI is InChI=1S/C8H15NO3/c1-11-8(10)6-2-4-12-5-3-7(6)9/h6-7H,2-5,9H2,1H3. The second-order valence-electron chi connectivity index (χ2n) is 2.98. The van der Waals surface area contributed by atoms with E-state index < -0.39 is 0 Å². The minimum Gasteiger partial charge on any atom is -0.469 e. The number of rotatable bonds is 1. The van der Waals surface area contributed by atoms with Crippen LogP contribution in [0.3, 0.4) is 0 Å². The normalized spacial score (nSPS) is 30.8. The van der Waals surface area contributed by atoms with Gasteiger partial charge in [0.15, 0.2) is 0 Å². The molecular weight excluding hydrogens is 158 g/mol. The quantitative estimate of drug-likeness (QED) is 0.563. The Kier molecular flexibility index (Phi) is 3.49. The average Bonchev–Trinajstić information content (AvgIpc) is 2.28. The fourth-order valence-corrected chi connectivity index (χ4v) is 1.39. The maximum Gasteiger partial charge on any atom is 0.310 e. The Morgan fingerprint density at radius 3 is 2.83 bits per heavy atom. The Balaban J connectivity index is 2.52. The molecule has 2 unspecified atom stereocenters. The summed E-state index contributed by atoms with van der Waals surface area (Å²) in [6, 6.07) is -0.111. The van der Waals surface area contributed by atoms with Crippen LogP contribution in [0.25, 0.3) is 0 Å². The number of nitrogens with two attached hydrogens (primary N) is 1. The molecule has 1 aliphatic rings. The highest BCUT2D eigenvalue weighted by atomic mass is 16.5. The van der Waals surface area contributed by atoms with Gasteiger partial charge >= 0.3 is 5.97 Å². The first-order chi connectivity index (χ1) is 5.75. The van der Waals surface area contributed by atoms with Crippen molar-refractivity contribution in [3.8, 4) is 0 Å². The van der Waals surface area contributed by atoms with Crippen LogP contribution < -0.4 is 5.73 Å². The van der Waals surface area contributed by atoms with E-state index in [1.54, 1.807) is 0 Å². The molecule has 1 aliphatic heterocycles. The van der Waals surface area contributed by atoms with Crippen molar-refractivity contribution in [3.05, 3.63) is 0 Å². The molecule has 0 amide bonds. The maximum absolute atomic E-state index is 11.2. The molecule has 0 aliphatic carbocycles.